The molecule has 19 heavy (non-hydrogen) atoms. The summed E-state index contributed by atoms with van der Waals surface area (Å²) >= 11 is 1.57. The summed E-state index contributed by atoms with van der Waals surface area (Å²) in [5.74, 6) is 0.150. The van der Waals surface area contributed by atoms with E-state index in [9.17, 15) is 4.79 Å². The van der Waals surface area contributed by atoms with Gasteiger partial charge in [0, 0.05) is 32.0 Å². The first kappa shape index (κ1) is 13.1. The number of amides is 1. The molecule has 2 aliphatic rings. The zero-order valence-electron chi connectivity index (χ0n) is 11.1. The van der Waals surface area contributed by atoms with E-state index in [0.717, 1.165) is 37.9 Å². The van der Waals surface area contributed by atoms with Gasteiger partial charge in [-0.15, -0.1) is 0 Å². The second-order valence-electron chi connectivity index (χ2n) is 5.36. The van der Waals surface area contributed by atoms with E-state index in [1.54, 1.807) is 18.4 Å². The van der Waals surface area contributed by atoms with Crippen molar-refractivity contribution in [1.82, 2.24) is 4.90 Å². The molecule has 2 fully saturated rings. The lowest BCUT2D eigenvalue weighted by Gasteiger charge is -2.38. The van der Waals surface area contributed by atoms with Crippen molar-refractivity contribution in [3.05, 3.63) is 22.4 Å². The molecule has 0 aromatic carbocycles. The molecule has 2 saturated heterocycles. The van der Waals surface area contributed by atoms with E-state index in [0.29, 0.717) is 6.61 Å². The summed E-state index contributed by atoms with van der Waals surface area (Å²) in [6.45, 7) is 2.26. The average molecular weight is 281 g/mol. The van der Waals surface area contributed by atoms with Crippen molar-refractivity contribution >= 4 is 17.2 Å². The van der Waals surface area contributed by atoms with Crippen molar-refractivity contribution in [2.24, 2.45) is 0 Å². The van der Waals surface area contributed by atoms with Crippen LogP contribution < -0.4 is 0 Å². The lowest BCUT2D eigenvalue weighted by Crippen LogP contribution is -2.46. The molecular weight excluding hydrogens is 262 g/mol. The molecule has 1 spiro atoms. The van der Waals surface area contributed by atoms with Gasteiger partial charge in [0.2, 0.25) is 0 Å². The Morgan fingerprint density at radius 2 is 2.32 bits per heavy atom. The Bertz CT molecular complexity index is 438. The lowest BCUT2D eigenvalue weighted by molar-refractivity contribution is -0.0402. The van der Waals surface area contributed by atoms with Crippen LogP contribution in [0.15, 0.2) is 16.8 Å². The van der Waals surface area contributed by atoms with E-state index in [1.165, 1.54) is 0 Å². The minimum absolute atomic E-state index is 0.0495. The van der Waals surface area contributed by atoms with E-state index in [1.807, 2.05) is 21.7 Å². The zero-order valence-corrected chi connectivity index (χ0v) is 11.9. The highest BCUT2D eigenvalue weighted by Gasteiger charge is 2.43. The molecule has 3 heterocycles. The van der Waals surface area contributed by atoms with Crippen molar-refractivity contribution in [3.63, 3.8) is 0 Å². The molecule has 1 amide bonds. The molecule has 1 atom stereocenters. The van der Waals surface area contributed by atoms with Gasteiger partial charge >= 0.3 is 0 Å². The van der Waals surface area contributed by atoms with E-state index in [-0.39, 0.29) is 17.6 Å². The Balaban J connectivity index is 1.59. The van der Waals surface area contributed by atoms with E-state index < -0.39 is 0 Å². The number of carbonyl (C=O) groups is 1. The van der Waals surface area contributed by atoms with Crippen molar-refractivity contribution in [1.29, 1.82) is 0 Å². The number of rotatable bonds is 2. The molecule has 104 valence electrons. The van der Waals surface area contributed by atoms with Crippen LogP contribution in [0.4, 0.5) is 0 Å². The third kappa shape index (κ3) is 2.55. The molecule has 0 radical (unpaired) electrons. The molecule has 3 rings (SSSR count). The third-order valence-corrected chi connectivity index (χ3v) is 4.92. The normalized spacial score (nSPS) is 25.9. The highest BCUT2D eigenvalue weighted by molar-refractivity contribution is 7.08. The third-order valence-electron chi connectivity index (χ3n) is 4.24. The number of nitrogens with zero attached hydrogens (tertiary/aromatic N) is 1. The van der Waals surface area contributed by atoms with Gasteiger partial charge in [-0.1, -0.05) is 0 Å². The highest BCUT2D eigenvalue weighted by Crippen LogP contribution is 2.37. The molecular formula is C14H19NO3S. The predicted molar refractivity (Wildman–Crippen MR) is 73.6 cm³/mol. The summed E-state index contributed by atoms with van der Waals surface area (Å²) in [5, 5.41) is 3.86. The first-order chi connectivity index (χ1) is 9.22. The van der Waals surface area contributed by atoms with Crippen LogP contribution in [0.2, 0.25) is 0 Å². The Morgan fingerprint density at radius 3 is 2.89 bits per heavy atom. The molecule has 0 aliphatic carbocycles. The van der Waals surface area contributed by atoms with Crippen molar-refractivity contribution in [2.45, 2.75) is 31.0 Å². The SMILES string of the molecule is CO[C@@H]1COC2(CCN(C(=O)c3ccsc3)CC2)C1. The molecule has 5 heteroatoms. The van der Waals surface area contributed by atoms with Crippen molar-refractivity contribution in [3.8, 4) is 0 Å². The van der Waals surface area contributed by atoms with Crippen LogP contribution in [0.5, 0.6) is 0 Å². The van der Waals surface area contributed by atoms with Gasteiger partial charge in [-0.05, 0) is 24.3 Å². The maximum Gasteiger partial charge on any atom is 0.254 e. The van der Waals surface area contributed by atoms with Gasteiger partial charge in [-0.25, -0.2) is 0 Å². The van der Waals surface area contributed by atoms with Crippen LogP contribution in [-0.4, -0.2) is 49.3 Å². The van der Waals surface area contributed by atoms with Crippen LogP contribution in [-0.2, 0) is 9.47 Å². The van der Waals surface area contributed by atoms with E-state index in [4.69, 9.17) is 9.47 Å². The second kappa shape index (κ2) is 5.23. The summed E-state index contributed by atoms with van der Waals surface area (Å²) in [4.78, 5) is 14.2. The number of hydrogen-bond acceptors (Lipinski definition) is 4. The Kier molecular flexibility index (Phi) is 3.60. The minimum atomic E-state index is -0.0495. The molecule has 4 nitrogen and oxygen atoms in total. The maximum atomic E-state index is 12.3. The van der Waals surface area contributed by atoms with Gasteiger partial charge in [-0.3, -0.25) is 4.79 Å². The van der Waals surface area contributed by atoms with Gasteiger partial charge in [0.05, 0.1) is 23.9 Å². The van der Waals surface area contributed by atoms with Gasteiger partial charge in [-0.2, -0.15) is 11.3 Å². The Morgan fingerprint density at radius 1 is 1.53 bits per heavy atom. The van der Waals surface area contributed by atoms with Crippen LogP contribution in [0.1, 0.15) is 29.6 Å². The van der Waals surface area contributed by atoms with Crippen LogP contribution in [0.25, 0.3) is 0 Å². The number of hydrogen-bond donors (Lipinski definition) is 0. The molecule has 2 aliphatic heterocycles. The number of ether oxygens (including phenoxy) is 2. The monoisotopic (exact) mass is 281 g/mol. The average Bonchev–Trinajstić information content (AvgIpc) is 3.09. The molecule has 0 unspecified atom stereocenters. The highest BCUT2D eigenvalue weighted by atomic mass is 32.1. The van der Waals surface area contributed by atoms with Gasteiger partial charge < -0.3 is 14.4 Å². The number of thiophene rings is 1. The quantitative estimate of drug-likeness (QED) is 0.834. The fourth-order valence-electron chi connectivity index (χ4n) is 2.99. The fraction of sp³-hybridized carbons (Fsp3) is 0.643. The van der Waals surface area contributed by atoms with Crippen LogP contribution in [0, 0.1) is 0 Å². The number of methoxy groups -OCH3 is 1. The Hall–Kier alpha value is -0.910. The fourth-order valence-corrected chi connectivity index (χ4v) is 3.62. The van der Waals surface area contributed by atoms with Crippen LogP contribution in [0.3, 0.4) is 0 Å². The summed E-state index contributed by atoms with van der Waals surface area (Å²) in [7, 11) is 1.74. The smallest absolute Gasteiger partial charge is 0.254 e. The van der Waals surface area contributed by atoms with E-state index >= 15 is 0 Å². The molecule has 1 aromatic heterocycles. The minimum Gasteiger partial charge on any atom is -0.379 e. The Labute approximate surface area is 117 Å². The largest absolute Gasteiger partial charge is 0.379 e. The van der Waals surface area contributed by atoms with Crippen molar-refractivity contribution in [2.75, 3.05) is 26.8 Å². The first-order valence-corrected chi connectivity index (χ1v) is 7.65. The van der Waals surface area contributed by atoms with E-state index in [2.05, 4.69) is 0 Å². The molecule has 0 saturated carbocycles. The topological polar surface area (TPSA) is 38.8 Å². The first-order valence-electron chi connectivity index (χ1n) is 6.71. The second-order valence-corrected chi connectivity index (χ2v) is 6.14. The summed E-state index contributed by atoms with van der Waals surface area (Å²) in [6.07, 6.45) is 3.02. The lowest BCUT2D eigenvalue weighted by atomic mass is 9.88. The molecule has 0 bridgehead atoms. The summed E-state index contributed by atoms with van der Waals surface area (Å²) in [6, 6.07) is 1.89. The molecule has 0 N–H and O–H groups in total. The van der Waals surface area contributed by atoms with Crippen molar-refractivity contribution < 1.29 is 14.3 Å². The summed E-state index contributed by atoms with van der Waals surface area (Å²) < 4.78 is 11.3. The van der Waals surface area contributed by atoms with Gasteiger partial charge in [0.25, 0.3) is 5.91 Å². The van der Waals surface area contributed by atoms with Gasteiger partial charge in [0.1, 0.15) is 0 Å². The van der Waals surface area contributed by atoms with Crippen LogP contribution >= 0.6 is 11.3 Å². The number of piperidine rings is 1. The summed E-state index contributed by atoms with van der Waals surface area (Å²) in [5.41, 5.74) is 0.759. The number of likely N-dealkylation sites (tertiary alicyclic amines) is 1. The number of carbonyl (C=O) groups excluding carboxylic acids is 1. The maximum absolute atomic E-state index is 12.3. The zero-order chi connectivity index (χ0) is 13.3. The predicted octanol–water partition coefficient (Wildman–Crippen LogP) is 2.16. The standard InChI is InChI=1S/C14H19NO3S/c1-17-12-8-14(18-9-12)3-5-15(6-4-14)13(16)11-2-7-19-10-11/h2,7,10,12H,3-6,8-9H2,1H3/t12-/m0/s1. The molecule has 1 aromatic rings. The van der Waals surface area contributed by atoms with Gasteiger partial charge in [0.15, 0.2) is 0 Å².